The molecule has 236 valence electrons. The third-order valence-corrected chi connectivity index (χ3v) is 8.58. The maximum Gasteiger partial charge on any atom is 0.338 e. The van der Waals surface area contributed by atoms with Crippen molar-refractivity contribution in [1.82, 2.24) is 0 Å². The first-order valence-electron chi connectivity index (χ1n) is 14.3. The maximum absolute atomic E-state index is 13.1. The second-order valence-corrected chi connectivity index (χ2v) is 12.9. The van der Waals surface area contributed by atoms with Crippen molar-refractivity contribution < 1.29 is 47.9 Å². The monoisotopic (exact) mass is 618 g/mol. The van der Waals surface area contributed by atoms with Gasteiger partial charge in [-0.05, 0) is 58.9 Å². The molecule has 4 rings (SSSR count). The van der Waals surface area contributed by atoms with E-state index in [1.807, 2.05) is 37.3 Å². The summed E-state index contributed by atoms with van der Waals surface area (Å²) in [6.07, 6.45) is -8.03. The van der Waals surface area contributed by atoms with Gasteiger partial charge in [0, 0.05) is 19.1 Å². The van der Waals surface area contributed by atoms with E-state index in [1.165, 1.54) is 26.0 Å². The molecule has 0 aromatic heterocycles. The van der Waals surface area contributed by atoms with Crippen LogP contribution in [0.5, 0.6) is 0 Å². The van der Waals surface area contributed by atoms with Gasteiger partial charge in [-0.1, -0.05) is 48.2 Å². The SMILES string of the molecule is COC1C(O)C(Sc2ccccc2)OC(C)C1OC1OC(C)C(OC(=O)c2ccccc2)C(OC)C1OC(=O)C(C)(C)C. The van der Waals surface area contributed by atoms with Crippen LogP contribution in [0.25, 0.3) is 0 Å². The minimum absolute atomic E-state index is 0.360. The predicted molar refractivity (Wildman–Crippen MR) is 158 cm³/mol. The molecular weight excluding hydrogens is 576 g/mol. The summed E-state index contributed by atoms with van der Waals surface area (Å²) >= 11 is 1.39. The van der Waals surface area contributed by atoms with Gasteiger partial charge in [0.25, 0.3) is 0 Å². The van der Waals surface area contributed by atoms with Crippen molar-refractivity contribution in [2.24, 2.45) is 5.41 Å². The summed E-state index contributed by atoms with van der Waals surface area (Å²) in [5, 5.41) is 11.3. The van der Waals surface area contributed by atoms with E-state index in [-0.39, 0.29) is 0 Å². The average Bonchev–Trinajstić information content (AvgIpc) is 2.98. The van der Waals surface area contributed by atoms with E-state index < -0.39 is 77.9 Å². The Morgan fingerprint density at radius 2 is 1.35 bits per heavy atom. The van der Waals surface area contributed by atoms with E-state index in [9.17, 15) is 14.7 Å². The Labute approximate surface area is 257 Å². The molecule has 10 atom stereocenters. The highest BCUT2D eigenvalue weighted by molar-refractivity contribution is 7.99. The first-order chi connectivity index (χ1) is 20.4. The quantitative estimate of drug-likeness (QED) is 0.407. The highest BCUT2D eigenvalue weighted by atomic mass is 32.2. The largest absolute Gasteiger partial charge is 0.454 e. The molecule has 2 saturated heterocycles. The van der Waals surface area contributed by atoms with Gasteiger partial charge in [0.15, 0.2) is 18.5 Å². The second-order valence-electron chi connectivity index (χ2n) is 11.7. The lowest BCUT2D eigenvalue weighted by molar-refractivity contribution is -0.335. The van der Waals surface area contributed by atoms with E-state index in [0.29, 0.717) is 5.56 Å². The summed E-state index contributed by atoms with van der Waals surface area (Å²) in [6.45, 7) is 8.73. The Morgan fingerprint density at radius 3 is 1.93 bits per heavy atom. The van der Waals surface area contributed by atoms with E-state index >= 15 is 0 Å². The van der Waals surface area contributed by atoms with Crippen LogP contribution in [0.3, 0.4) is 0 Å². The fraction of sp³-hybridized carbons (Fsp3) is 0.562. The first kappa shape index (κ1) is 33.4. The van der Waals surface area contributed by atoms with Crippen LogP contribution < -0.4 is 0 Å². The average molecular weight is 619 g/mol. The number of ether oxygens (including phenoxy) is 7. The number of benzene rings is 2. The number of methoxy groups -OCH3 is 2. The van der Waals surface area contributed by atoms with Gasteiger partial charge < -0.3 is 38.3 Å². The van der Waals surface area contributed by atoms with E-state index in [0.717, 1.165) is 4.90 Å². The molecule has 0 amide bonds. The van der Waals surface area contributed by atoms with E-state index in [4.69, 9.17) is 33.2 Å². The van der Waals surface area contributed by atoms with Gasteiger partial charge in [-0.25, -0.2) is 4.79 Å². The summed E-state index contributed by atoms with van der Waals surface area (Å²) in [5.41, 5.74) is -1.10. The molecule has 43 heavy (non-hydrogen) atoms. The van der Waals surface area contributed by atoms with Crippen LogP contribution in [-0.4, -0.2) is 91.8 Å². The Kier molecular flexibility index (Phi) is 11.3. The highest BCUT2D eigenvalue weighted by Crippen LogP contribution is 2.38. The number of hydrogen-bond acceptors (Lipinski definition) is 11. The lowest BCUT2D eigenvalue weighted by Gasteiger charge is -2.48. The van der Waals surface area contributed by atoms with Crippen LogP contribution in [0.2, 0.25) is 0 Å². The summed E-state index contributed by atoms with van der Waals surface area (Å²) in [5.74, 6) is -1.09. The van der Waals surface area contributed by atoms with Gasteiger partial charge in [0.05, 0.1) is 23.2 Å². The Hall–Kier alpha value is -2.51. The molecule has 0 radical (unpaired) electrons. The number of rotatable bonds is 9. The molecule has 2 aromatic carbocycles. The fourth-order valence-corrected chi connectivity index (χ4v) is 6.15. The zero-order valence-corrected chi connectivity index (χ0v) is 26.4. The summed E-state index contributed by atoms with van der Waals surface area (Å²) in [4.78, 5) is 27.1. The third-order valence-electron chi connectivity index (χ3n) is 7.42. The zero-order valence-electron chi connectivity index (χ0n) is 25.6. The molecule has 10 unspecified atom stereocenters. The zero-order chi connectivity index (χ0) is 31.3. The smallest absolute Gasteiger partial charge is 0.338 e. The van der Waals surface area contributed by atoms with Crippen LogP contribution >= 0.6 is 11.8 Å². The van der Waals surface area contributed by atoms with Gasteiger partial charge >= 0.3 is 11.9 Å². The molecule has 2 aliphatic heterocycles. The van der Waals surface area contributed by atoms with Crippen molar-refractivity contribution >= 4 is 23.7 Å². The van der Waals surface area contributed by atoms with Crippen LogP contribution in [0, 0.1) is 5.41 Å². The number of aliphatic hydroxyl groups is 1. The van der Waals surface area contributed by atoms with Crippen LogP contribution in [0.15, 0.2) is 65.6 Å². The molecule has 11 heteroatoms. The van der Waals surface area contributed by atoms with Crippen molar-refractivity contribution in [3.63, 3.8) is 0 Å². The number of carbonyl (C=O) groups is 2. The first-order valence-corrected chi connectivity index (χ1v) is 15.2. The Balaban J connectivity index is 1.57. The molecule has 2 heterocycles. The van der Waals surface area contributed by atoms with Crippen molar-refractivity contribution in [1.29, 1.82) is 0 Å². The van der Waals surface area contributed by atoms with Crippen LogP contribution in [-0.2, 0) is 38.0 Å². The van der Waals surface area contributed by atoms with Crippen molar-refractivity contribution in [3.05, 3.63) is 66.2 Å². The summed E-state index contributed by atoms with van der Waals surface area (Å²) in [7, 11) is 2.94. The number of thioether (sulfide) groups is 1. The van der Waals surface area contributed by atoms with Crippen molar-refractivity contribution in [2.45, 2.75) is 100 Å². The van der Waals surface area contributed by atoms with Crippen LogP contribution in [0.1, 0.15) is 45.0 Å². The minimum atomic E-state index is -1.16. The van der Waals surface area contributed by atoms with Gasteiger partial charge in [0.2, 0.25) is 0 Å². The standard InChI is InChI=1S/C32H42O10S/c1-18-24(40-28(34)20-14-10-8-11-15-20)26(37-7)27(42-31(35)32(3,4)5)29(38-18)41-23-19(2)39-30(22(33)25(23)36-6)43-21-16-12-9-13-17-21/h8-19,22-27,29-30,33H,1-7H3. The predicted octanol–water partition coefficient (Wildman–Crippen LogP) is 4.23. The minimum Gasteiger partial charge on any atom is -0.454 e. The second kappa shape index (κ2) is 14.5. The molecule has 0 bridgehead atoms. The molecule has 10 nitrogen and oxygen atoms in total. The van der Waals surface area contributed by atoms with Crippen molar-refractivity contribution in [2.75, 3.05) is 14.2 Å². The molecule has 2 aliphatic rings. The molecular formula is C32H42O10S. The normalized spacial score (nSPS) is 33.0. The number of aliphatic hydroxyl groups excluding tert-OH is 1. The molecule has 0 spiro atoms. The summed E-state index contributed by atoms with van der Waals surface area (Å²) in [6, 6.07) is 18.2. The van der Waals surface area contributed by atoms with E-state index in [2.05, 4.69) is 0 Å². The number of esters is 2. The molecule has 0 aliphatic carbocycles. The third kappa shape index (κ3) is 7.96. The van der Waals surface area contributed by atoms with Gasteiger partial charge in [-0.3, -0.25) is 4.79 Å². The Bertz CT molecular complexity index is 1190. The van der Waals surface area contributed by atoms with Gasteiger partial charge in [0.1, 0.15) is 29.9 Å². The van der Waals surface area contributed by atoms with Crippen LogP contribution in [0.4, 0.5) is 0 Å². The summed E-state index contributed by atoms with van der Waals surface area (Å²) < 4.78 is 42.2. The Morgan fingerprint density at radius 1 is 0.767 bits per heavy atom. The topological polar surface area (TPSA) is 119 Å². The van der Waals surface area contributed by atoms with Gasteiger partial charge in [-0.2, -0.15) is 0 Å². The van der Waals surface area contributed by atoms with E-state index in [1.54, 1.807) is 58.0 Å². The molecule has 1 N–H and O–H groups in total. The lowest BCUT2D eigenvalue weighted by atomic mass is 9.95. The molecule has 2 aromatic rings. The lowest BCUT2D eigenvalue weighted by Crippen LogP contribution is -2.64. The highest BCUT2D eigenvalue weighted by Gasteiger charge is 2.53. The maximum atomic E-state index is 13.1. The molecule has 2 fully saturated rings. The number of hydrogen-bond donors (Lipinski definition) is 1. The van der Waals surface area contributed by atoms with Crippen molar-refractivity contribution in [3.8, 4) is 0 Å². The number of carbonyl (C=O) groups excluding carboxylic acids is 2. The molecule has 0 saturated carbocycles. The fourth-order valence-electron chi connectivity index (χ4n) is 5.04. The van der Waals surface area contributed by atoms with Gasteiger partial charge in [-0.15, -0.1) is 0 Å².